The van der Waals surface area contributed by atoms with E-state index in [1.54, 1.807) is 5.38 Å². The van der Waals surface area contributed by atoms with Gasteiger partial charge in [-0.05, 0) is 24.7 Å². The molecule has 1 aliphatic heterocycles. The van der Waals surface area contributed by atoms with Gasteiger partial charge in [0.15, 0.2) is 0 Å². The molecular weight excluding hydrogens is 396 g/mol. The third-order valence-corrected chi connectivity index (χ3v) is 6.09. The second-order valence-corrected chi connectivity index (χ2v) is 8.24. The Balaban J connectivity index is 1.38. The Hall–Kier alpha value is -3.03. The lowest BCUT2D eigenvalue weighted by Gasteiger charge is -2.32. The number of benzene rings is 2. The quantitative estimate of drug-likeness (QED) is 0.689. The number of likely N-dealkylation sites (N-methyl/N-ethyl adjacent to an activating group) is 1. The number of piperazine rings is 1. The van der Waals surface area contributed by atoms with Crippen molar-refractivity contribution in [1.29, 1.82) is 0 Å². The molecule has 6 nitrogen and oxygen atoms in total. The van der Waals surface area contributed by atoms with Gasteiger partial charge >= 0.3 is 0 Å². The summed E-state index contributed by atoms with van der Waals surface area (Å²) in [4.78, 5) is 33.7. The van der Waals surface area contributed by atoms with E-state index in [1.165, 1.54) is 11.3 Å². The number of hydrogen-bond donors (Lipinski definition) is 1. The van der Waals surface area contributed by atoms with Gasteiger partial charge in [0, 0.05) is 49.2 Å². The lowest BCUT2D eigenvalue weighted by Crippen LogP contribution is -2.47. The number of rotatable bonds is 5. The van der Waals surface area contributed by atoms with Gasteiger partial charge in [0.2, 0.25) is 0 Å². The zero-order valence-electron chi connectivity index (χ0n) is 16.9. The van der Waals surface area contributed by atoms with E-state index < -0.39 is 0 Å². The van der Waals surface area contributed by atoms with E-state index in [1.807, 2.05) is 59.5 Å². The summed E-state index contributed by atoms with van der Waals surface area (Å²) < 4.78 is 0. The number of nitrogens with one attached hydrogen (secondary N) is 1. The molecule has 0 radical (unpaired) electrons. The Kier molecular flexibility index (Phi) is 6.21. The molecule has 0 atom stereocenters. The zero-order chi connectivity index (χ0) is 20.9. The molecule has 1 aromatic heterocycles. The number of thiazole rings is 1. The van der Waals surface area contributed by atoms with Gasteiger partial charge in [-0.15, -0.1) is 11.3 Å². The van der Waals surface area contributed by atoms with E-state index in [0.29, 0.717) is 17.8 Å². The van der Waals surface area contributed by atoms with Crippen LogP contribution in [0.25, 0.3) is 10.6 Å². The van der Waals surface area contributed by atoms with Gasteiger partial charge in [-0.3, -0.25) is 9.59 Å². The summed E-state index contributed by atoms with van der Waals surface area (Å²) in [6.07, 6.45) is 0. The molecule has 2 aromatic carbocycles. The highest BCUT2D eigenvalue weighted by atomic mass is 32.1. The van der Waals surface area contributed by atoms with Gasteiger partial charge in [-0.25, -0.2) is 4.98 Å². The van der Waals surface area contributed by atoms with Crippen molar-refractivity contribution >= 4 is 23.2 Å². The van der Waals surface area contributed by atoms with Gasteiger partial charge in [0.1, 0.15) is 10.7 Å². The summed E-state index contributed by atoms with van der Waals surface area (Å²) in [7, 11) is 2.07. The molecule has 1 N–H and O–H groups in total. The zero-order valence-corrected chi connectivity index (χ0v) is 17.7. The molecule has 1 saturated heterocycles. The van der Waals surface area contributed by atoms with Crippen LogP contribution in [-0.2, 0) is 6.54 Å². The average molecular weight is 421 g/mol. The maximum Gasteiger partial charge on any atom is 0.271 e. The van der Waals surface area contributed by atoms with Gasteiger partial charge in [-0.2, -0.15) is 0 Å². The Morgan fingerprint density at radius 3 is 2.40 bits per heavy atom. The van der Waals surface area contributed by atoms with E-state index in [9.17, 15) is 9.59 Å². The summed E-state index contributed by atoms with van der Waals surface area (Å²) >= 11 is 1.42. The highest BCUT2D eigenvalue weighted by Gasteiger charge is 2.20. The van der Waals surface area contributed by atoms with Crippen LogP contribution in [0, 0.1) is 0 Å². The third-order valence-electron chi connectivity index (χ3n) is 5.20. The van der Waals surface area contributed by atoms with Crippen molar-refractivity contribution in [3.05, 3.63) is 76.8 Å². The Labute approximate surface area is 180 Å². The molecule has 0 unspecified atom stereocenters. The number of hydrogen-bond acceptors (Lipinski definition) is 5. The third kappa shape index (κ3) is 4.75. The maximum atomic E-state index is 12.7. The number of nitrogens with zero attached hydrogens (tertiary/aromatic N) is 3. The SMILES string of the molecule is CN1CCN(C(=O)c2ccc(-c3nc(C(=O)NCc4ccccc4)cs3)cc2)CC1. The molecule has 0 spiro atoms. The fraction of sp³-hybridized carbons (Fsp3) is 0.261. The molecule has 0 bridgehead atoms. The first-order valence-electron chi connectivity index (χ1n) is 9.96. The second-order valence-electron chi connectivity index (χ2n) is 7.38. The van der Waals surface area contributed by atoms with E-state index in [2.05, 4.69) is 22.2 Å². The van der Waals surface area contributed by atoms with Crippen LogP contribution in [-0.4, -0.2) is 59.8 Å². The second kappa shape index (κ2) is 9.19. The minimum Gasteiger partial charge on any atom is -0.347 e. The predicted molar refractivity (Wildman–Crippen MR) is 119 cm³/mol. The molecule has 7 heteroatoms. The van der Waals surface area contributed by atoms with Crippen molar-refractivity contribution < 1.29 is 9.59 Å². The summed E-state index contributed by atoms with van der Waals surface area (Å²) in [6, 6.07) is 17.2. The molecule has 4 rings (SSSR count). The molecule has 1 fully saturated rings. The van der Waals surface area contributed by atoms with Crippen molar-refractivity contribution in [1.82, 2.24) is 20.1 Å². The van der Waals surface area contributed by atoms with E-state index in [-0.39, 0.29) is 11.8 Å². The van der Waals surface area contributed by atoms with Crippen molar-refractivity contribution in [3.63, 3.8) is 0 Å². The first-order chi connectivity index (χ1) is 14.6. The Morgan fingerprint density at radius 1 is 1.00 bits per heavy atom. The first-order valence-corrected chi connectivity index (χ1v) is 10.8. The van der Waals surface area contributed by atoms with Crippen LogP contribution in [0.3, 0.4) is 0 Å². The maximum absolute atomic E-state index is 12.7. The molecule has 30 heavy (non-hydrogen) atoms. The Morgan fingerprint density at radius 2 is 1.70 bits per heavy atom. The molecule has 2 heterocycles. The van der Waals surface area contributed by atoms with E-state index >= 15 is 0 Å². The Bertz CT molecular complexity index is 1010. The number of aromatic nitrogens is 1. The van der Waals surface area contributed by atoms with E-state index in [4.69, 9.17) is 0 Å². The highest BCUT2D eigenvalue weighted by molar-refractivity contribution is 7.13. The number of amides is 2. The van der Waals surface area contributed by atoms with Gasteiger partial charge in [0.05, 0.1) is 0 Å². The van der Waals surface area contributed by atoms with Crippen molar-refractivity contribution in [2.75, 3.05) is 33.2 Å². The fourth-order valence-electron chi connectivity index (χ4n) is 3.33. The van der Waals surface area contributed by atoms with Crippen LogP contribution in [0.5, 0.6) is 0 Å². The average Bonchev–Trinajstić information content (AvgIpc) is 3.29. The van der Waals surface area contributed by atoms with Gasteiger partial charge < -0.3 is 15.1 Å². The fourth-order valence-corrected chi connectivity index (χ4v) is 4.13. The molecule has 0 saturated carbocycles. The molecule has 3 aromatic rings. The van der Waals surface area contributed by atoms with Crippen molar-refractivity contribution in [2.45, 2.75) is 6.54 Å². The standard InChI is InChI=1S/C23H24N4O2S/c1-26-11-13-27(14-12-26)23(29)19-9-7-18(8-10-19)22-25-20(16-30-22)21(28)24-15-17-5-3-2-4-6-17/h2-10,16H,11-15H2,1H3,(H,24,28). The first kappa shape index (κ1) is 20.3. The topological polar surface area (TPSA) is 65.5 Å². The molecule has 0 aliphatic carbocycles. The van der Waals surface area contributed by atoms with Crippen molar-refractivity contribution in [3.8, 4) is 10.6 Å². The minimum absolute atomic E-state index is 0.0646. The van der Waals surface area contributed by atoms with Gasteiger partial charge in [0.25, 0.3) is 11.8 Å². The summed E-state index contributed by atoms with van der Waals surface area (Å²) in [5.41, 5.74) is 3.03. The monoisotopic (exact) mass is 420 g/mol. The summed E-state index contributed by atoms with van der Waals surface area (Å²) in [6.45, 7) is 3.78. The smallest absolute Gasteiger partial charge is 0.271 e. The minimum atomic E-state index is -0.191. The van der Waals surface area contributed by atoms with Gasteiger partial charge in [-0.1, -0.05) is 42.5 Å². The van der Waals surface area contributed by atoms with Crippen LogP contribution in [0.2, 0.25) is 0 Å². The number of carbonyl (C=O) groups excluding carboxylic acids is 2. The normalized spacial score (nSPS) is 14.5. The molecule has 2 amide bonds. The lowest BCUT2D eigenvalue weighted by molar-refractivity contribution is 0.0664. The largest absolute Gasteiger partial charge is 0.347 e. The van der Waals surface area contributed by atoms with Crippen molar-refractivity contribution in [2.24, 2.45) is 0 Å². The lowest BCUT2D eigenvalue weighted by atomic mass is 10.1. The molecular formula is C23H24N4O2S. The number of carbonyl (C=O) groups is 2. The molecule has 1 aliphatic rings. The van der Waals surface area contributed by atoms with Crippen LogP contribution in [0.4, 0.5) is 0 Å². The van der Waals surface area contributed by atoms with E-state index in [0.717, 1.165) is 42.3 Å². The summed E-state index contributed by atoms with van der Waals surface area (Å²) in [5.74, 6) is -0.127. The van der Waals surface area contributed by atoms with Crippen LogP contribution in [0.15, 0.2) is 60.0 Å². The summed E-state index contributed by atoms with van der Waals surface area (Å²) in [5, 5.41) is 5.42. The molecule has 154 valence electrons. The van der Waals surface area contributed by atoms with Crippen LogP contribution in [0.1, 0.15) is 26.4 Å². The predicted octanol–water partition coefficient (Wildman–Crippen LogP) is 3.13. The van der Waals surface area contributed by atoms with Crippen LogP contribution >= 0.6 is 11.3 Å². The van der Waals surface area contributed by atoms with Crippen LogP contribution < -0.4 is 5.32 Å². The highest BCUT2D eigenvalue weighted by Crippen LogP contribution is 2.24.